The van der Waals surface area contributed by atoms with Gasteiger partial charge in [-0.05, 0) is 0 Å². The fraction of sp³-hybridized carbons (Fsp3) is 0.828. The second-order valence-corrected chi connectivity index (χ2v) is 8.52. The Hall–Kier alpha value is -0.186. The summed E-state index contributed by atoms with van der Waals surface area (Å²) in [5.41, 5.74) is 20.6. The van der Waals surface area contributed by atoms with Gasteiger partial charge in [-0.1, -0.05) is 136 Å². The summed E-state index contributed by atoms with van der Waals surface area (Å²) in [7, 11) is 0. The molecule has 0 unspecified atom stereocenters. The van der Waals surface area contributed by atoms with Crippen LogP contribution in [0.3, 0.4) is 0 Å². The molecule has 195 valence electrons. The number of unbranched alkanes of at least 4 members (excludes halogenated alkanes) is 15. The Bertz CT molecular complexity index is 276. The van der Waals surface area contributed by atoms with E-state index in [0.717, 1.165) is 19.3 Å². The molecule has 3 nitrogen and oxygen atoms in total. The van der Waals surface area contributed by atoms with Gasteiger partial charge in [0.1, 0.15) is 0 Å². The van der Waals surface area contributed by atoms with Crippen LogP contribution in [0.15, 0.2) is 30.3 Å². The Labute approximate surface area is 221 Å². The number of hydrogen-bond acceptors (Lipinski definition) is 0. The summed E-state index contributed by atoms with van der Waals surface area (Å²) in [5.74, 6) is 0. The molecular weight excluding hydrogens is 441 g/mol. The predicted molar refractivity (Wildman–Crippen MR) is 150 cm³/mol. The van der Waals surface area contributed by atoms with Gasteiger partial charge in [0.25, 0.3) is 0 Å². The van der Waals surface area contributed by atoms with Crippen molar-refractivity contribution in [3.63, 3.8) is 0 Å². The van der Waals surface area contributed by atoms with E-state index in [4.69, 9.17) is 17.2 Å². The minimum absolute atomic E-state index is 0. The van der Waals surface area contributed by atoms with E-state index in [0.29, 0.717) is 19.6 Å². The van der Waals surface area contributed by atoms with Gasteiger partial charge in [0.15, 0.2) is 0 Å². The van der Waals surface area contributed by atoms with Gasteiger partial charge in [0.2, 0.25) is 0 Å². The first-order valence-electron chi connectivity index (χ1n) is 13.8. The molecule has 0 bridgehead atoms. The zero-order valence-electron chi connectivity index (χ0n) is 22.7. The fourth-order valence-electron chi connectivity index (χ4n) is 3.04. The zero-order chi connectivity index (χ0) is 24.4. The Morgan fingerprint density at radius 3 is 0.848 bits per heavy atom. The Morgan fingerprint density at radius 1 is 0.424 bits per heavy atom. The number of hydrogen-bond donors (Lipinski definition) is 0. The smallest absolute Gasteiger partial charge is 0.677 e. The summed E-state index contributed by atoms with van der Waals surface area (Å²) in [4.78, 5) is 0. The van der Waals surface area contributed by atoms with Crippen molar-refractivity contribution in [2.24, 2.45) is 0 Å². The molecule has 0 amide bonds. The molecule has 33 heavy (non-hydrogen) atoms. The molecule has 1 radical (unpaired) electrons. The molecule has 0 saturated heterocycles. The summed E-state index contributed by atoms with van der Waals surface area (Å²) < 4.78 is 0. The molecule has 1 aromatic rings. The summed E-state index contributed by atoms with van der Waals surface area (Å²) in [5, 5.41) is 0. The maximum Gasteiger partial charge on any atom is 4.00 e. The van der Waals surface area contributed by atoms with Crippen LogP contribution in [-0.4, -0.2) is 19.6 Å². The molecule has 0 aliphatic heterocycles. The summed E-state index contributed by atoms with van der Waals surface area (Å²) >= 11 is 0. The van der Waals surface area contributed by atoms with Crippen LogP contribution in [0, 0.1) is 0 Å². The Kier molecular flexibility index (Phi) is 55.0. The molecule has 1 aromatic carbocycles. The number of nitrogens with one attached hydrogen (secondary N) is 3. The van der Waals surface area contributed by atoms with E-state index in [9.17, 15) is 0 Å². The van der Waals surface area contributed by atoms with Crippen LogP contribution < -0.4 is 0 Å². The molecule has 4 heteroatoms. The van der Waals surface area contributed by atoms with Gasteiger partial charge in [-0.2, -0.15) is 37.8 Å². The van der Waals surface area contributed by atoms with E-state index in [1.54, 1.807) is 0 Å². The van der Waals surface area contributed by atoms with Gasteiger partial charge in [-0.25, -0.2) is 12.1 Å². The Morgan fingerprint density at radius 2 is 0.667 bits per heavy atom. The predicted octanol–water partition coefficient (Wildman–Crippen LogP) is 11.6. The minimum atomic E-state index is 0. The van der Waals surface area contributed by atoms with Gasteiger partial charge in [0, 0.05) is 0 Å². The van der Waals surface area contributed by atoms with E-state index >= 15 is 0 Å². The third kappa shape index (κ3) is 54.3. The third-order valence-corrected chi connectivity index (χ3v) is 5.15. The van der Waals surface area contributed by atoms with Crippen LogP contribution >= 0.6 is 0 Å². The van der Waals surface area contributed by atoms with E-state index in [2.05, 4.69) is 20.8 Å². The second kappa shape index (κ2) is 45.3. The second-order valence-electron chi connectivity index (χ2n) is 8.52. The standard InChI is InChI=1S/3C8H18N.C5H5.V/c3*1-2-3-4-5-6-7-8-9;1-2-4-5-3-1;/h3*9H,2-8H2,1H3;1-5H;/q4*-1;+4. The van der Waals surface area contributed by atoms with Crippen LogP contribution in [0.25, 0.3) is 17.2 Å². The zero-order valence-corrected chi connectivity index (χ0v) is 24.1. The van der Waals surface area contributed by atoms with Crippen molar-refractivity contribution in [1.29, 1.82) is 0 Å². The monoisotopic (exact) mass is 500 g/mol. The quantitative estimate of drug-likeness (QED) is 0.142. The molecule has 0 heterocycles. The summed E-state index contributed by atoms with van der Waals surface area (Å²) in [6.07, 6.45) is 23.3. The first-order chi connectivity index (χ1) is 15.7. The summed E-state index contributed by atoms with van der Waals surface area (Å²) in [6.45, 7) is 8.53. The average Bonchev–Trinajstić information content (AvgIpc) is 3.40. The van der Waals surface area contributed by atoms with Gasteiger partial charge < -0.3 is 17.2 Å². The fourth-order valence-corrected chi connectivity index (χ4v) is 3.04. The van der Waals surface area contributed by atoms with Gasteiger partial charge in [-0.15, -0.1) is 0 Å². The third-order valence-electron chi connectivity index (χ3n) is 5.15. The van der Waals surface area contributed by atoms with Crippen LogP contribution in [0.2, 0.25) is 0 Å². The van der Waals surface area contributed by atoms with Crippen molar-refractivity contribution < 1.29 is 18.6 Å². The minimum Gasteiger partial charge on any atom is -0.677 e. The van der Waals surface area contributed by atoms with Crippen LogP contribution in [-0.2, 0) is 18.6 Å². The molecule has 1 rings (SSSR count). The van der Waals surface area contributed by atoms with E-state index < -0.39 is 0 Å². The topological polar surface area (TPSA) is 71.4 Å². The van der Waals surface area contributed by atoms with Crippen LogP contribution in [0.1, 0.15) is 136 Å². The van der Waals surface area contributed by atoms with Crippen molar-refractivity contribution >= 4 is 0 Å². The number of rotatable bonds is 18. The van der Waals surface area contributed by atoms with Crippen molar-refractivity contribution in [3.05, 3.63) is 47.5 Å². The molecular formula is C29H59N3V. The van der Waals surface area contributed by atoms with Crippen molar-refractivity contribution in [1.82, 2.24) is 0 Å². The molecule has 0 spiro atoms. The summed E-state index contributed by atoms with van der Waals surface area (Å²) in [6, 6.07) is 10.0. The van der Waals surface area contributed by atoms with Crippen LogP contribution in [0.4, 0.5) is 0 Å². The first kappa shape index (κ1) is 40.0. The van der Waals surface area contributed by atoms with Crippen molar-refractivity contribution in [3.8, 4) is 0 Å². The normalized spacial score (nSPS) is 9.39. The molecule has 0 atom stereocenters. The molecule has 0 aliphatic carbocycles. The van der Waals surface area contributed by atoms with E-state index in [-0.39, 0.29) is 18.6 Å². The van der Waals surface area contributed by atoms with E-state index in [1.807, 2.05) is 30.3 Å². The molecule has 0 aromatic heterocycles. The SMILES string of the molecule is CCCCCCCC[NH-].CCCCCCCC[NH-].CCCCCCCC[NH-].[V+4].c1cc[cH-]c1. The molecule has 0 aliphatic rings. The first-order valence-corrected chi connectivity index (χ1v) is 13.8. The van der Waals surface area contributed by atoms with Gasteiger partial charge in [0.05, 0.1) is 0 Å². The maximum atomic E-state index is 6.88. The largest absolute Gasteiger partial charge is 4.00 e. The van der Waals surface area contributed by atoms with E-state index in [1.165, 1.54) is 96.3 Å². The van der Waals surface area contributed by atoms with Crippen molar-refractivity contribution in [2.45, 2.75) is 136 Å². The average molecular weight is 501 g/mol. The molecule has 0 saturated carbocycles. The Balaban J connectivity index is -0.000000171. The molecule has 3 N–H and O–H groups in total. The maximum absolute atomic E-state index is 6.88. The van der Waals surface area contributed by atoms with Gasteiger partial charge >= 0.3 is 18.6 Å². The van der Waals surface area contributed by atoms with Crippen molar-refractivity contribution in [2.75, 3.05) is 19.6 Å². The van der Waals surface area contributed by atoms with Crippen LogP contribution in [0.5, 0.6) is 0 Å². The van der Waals surface area contributed by atoms with Gasteiger partial charge in [-0.3, -0.25) is 0 Å². The molecule has 0 fully saturated rings.